The molecular weight excluding hydrogens is 304 g/mol. The number of benzene rings is 1. The summed E-state index contributed by atoms with van der Waals surface area (Å²) in [7, 11) is 3.15. The lowest BCUT2D eigenvalue weighted by Gasteiger charge is -2.06. The predicted molar refractivity (Wildman–Crippen MR) is 85.4 cm³/mol. The van der Waals surface area contributed by atoms with Crippen LogP contribution in [0.15, 0.2) is 18.2 Å². The Kier molecular flexibility index (Phi) is 5.38. The molecular formula is C16H18O5S. The Bertz CT molecular complexity index is 648. The van der Waals surface area contributed by atoms with Crippen molar-refractivity contribution in [1.29, 1.82) is 0 Å². The summed E-state index contributed by atoms with van der Waals surface area (Å²) in [6.45, 7) is 0. The van der Waals surface area contributed by atoms with Crippen molar-refractivity contribution in [2.45, 2.75) is 25.7 Å². The van der Waals surface area contributed by atoms with E-state index in [0.29, 0.717) is 35.6 Å². The first-order valence-corrected chi connectivity index (χ1v) is 7.77. The highest BCUT2D eigenvalue weighted by Gasteiger charge is 2.13. The quantitative estimate of drug-likeness (QED) is 0.592. The number of carbonyl (C=O) groups excluding carboxylic acids is 1. The van der Waals surface area contributed by atoms with E-state index in [9.17, 15) is 9.59 Å². The van der Waals surface area contributed by atoms with Crippen molar-refractivity contribution in [3.8, 4) is 11.5 Å². The molecule has 0 saturated carbocycles. The molecule has 0 saturated heterocycles. The normalized spacial score (nSPS) is 10.6. The summed E-state index contributed by atoms with van der Waals surface area (Å²) >= 11 is 1.42. The lowest BCUT2D eigenvalue weighted by Crippen LogP contribution is -1.98. The van der Waals surface area contributed by atoms with E-state index in [1.165, 1.54) is 11.3 Å². The fourth-order valence-corrected chi connectivity index (χ4v) is 3.23. The summed E-state index contributed by atoms with van der Waals surface area (Å²) in [4.78, 5) is 23.3. The van der Waals surface area contributed by atoms with Crippen molar-refractivity contribution in [2.75, 3.05) is 14.2 Å². The number of methoxy groups -OCH3 is 2. The SMILES string of the molecule is COc1cc2cc(C(=O)CCCCC(=O)O)sc2cc1OC. The van der Waals surface area contributed by atoms with Crippen LogP contribution in [0.25, 0.3) is 10.1 Å². The fourth-order valence-electron chi connectivity index (χ4n) is 2.19. The van der Waals surface area contributed by atoms with Crippen LogP contribution in [0, 0.1) is 0 Å². The van der Waals surface area contributed by atoms with Crippen molar-refractivity contribution in [1.82, 2.24) is 0 Å². The molecule has 1 heterocycles. The van der Waals surface area contributed by atoms with E-state index < -0.39 is 5.97 Å². The highest BCUT2D eigenvalue weighted by Crippen LogP contribution is 2.36. The number of carboxylic acid groups (broad SMARTS) is 1. The molecule has 0 fully saturated rings. The molecule has 1 N–H and O–H groups in total. The minimum atomic E-state index is -0.825. The first-order valence-electron chi connectivity index (χ1n) is 6.95. The molecule has 0 unspecified atom stereocenters. The first-order chi connectivity index (χ1) is 10.5. The fraction of sp³-hybridized carbons (Fsp3) is 0.375. The Morgan fingerprint density at radius 2 is 1.68 bits per heavy atom. The largest absolute Gasteiger partial charge is 0.493 e. The summed E-state index contributed by atoms with van der Waals surface area (Å²) in [5, 5.41) is 9.52. The Balaban J connectivity index is 2.11. The number of carbonyl (C=O) groups is 2. The van der Waals surface area contributed by atoms with Crippen LogP contribution in [0.5, 0.6) is 11.5 Å². The van der Waals surface area contributed by atoms with Gasteiger partial charge in [0.15, 0.2) is 17.3 Å². The van der Waals surface area contributed by atoms with Crippen LogP contribution in [-0.4, -0.2) is 31.1 Å². The van der Waals surface area contributed by atoms with Crippen LogP contribution in [0.1, 0.15) is 35.4 Å². The maximum Gasteiger partial charge on any atom is 0.303 e. The maximum absolute atomic E-state index is 12.2. The lowest BCUT2D eigenvalue weighted by atomic mass is 10.1. The van der Waals surface area contributed by atoms with Crippen LogP contribution < -0.4 is 9.47 Å². The molecule has 0 amide bonds. The molecule has 22 heavy (non-hydrogen) atoms. The van der Waals surface area contributed by atoms with Gasteiger partial charge in [-0.15, -0.1) is 11.3 Å². The van der Waals surface area contributed by atoms with Gasteiger partial charge in [0, 0.05) is 23.6 Å². The molecule has 0 spiro atoms. The van der Waals surface area contributed by atoms with Gasteiger partial charge < -0.3 is 14.6 Å². The number of carboxylic acids is 1. The van der Waals surface area contributed by atoms with Gasteiger partial charge in [-0.05, 0) is 30.4 Å². The smallest absolute Gasteiger partial charge is 0.303 e. The minimum absolute atomic E-state index is 0.0459. The number of Topliss-reactive ketones (excluding diaryl/α,β-unsaturated/α-hetero) is 1. The van der Waals surface area contributed by atoms with Gasteiger partial charge in [0.2, 0.25) is 0 Å². The second kappa shape index (κ2) is 7.26. The lowest BCUT2D eigenvalue weighted by molar-refractivity contribution is -0.137. The van der Waals surface area contributed by atoms with Gasteiger partial charge in [0.05, 0.1) is 19.1 Å². The summed E-state index contributed by atoms with van der Waals surface area (Å²) in [6.07, 6.45) is 1.59. The molecule has 6 heteroatoms. The number of hydrogen-bond donors (Lipinski definition) is 1. The number of ether oxygens (including phenoxy) is 2. The van der Waals surface area contributed by atoms with Crippen molar-refractivity contribution < 1.29 is 24.2 Å². The monoisotopic (exact) mass is 322 g/mol. The first kappa shape index (κ1) is 16.3. The summed E-state index contributed by atoms with van der Waals surface area (Å²) in [5.41, 5.74) is 0. The van der Waals surface area contributed by atoms with Gasteiger partial charge in [-0.3, -0.25) is 9.59 Å². The van der Waals surface area contributed by atoms with Crippen LogP contribution in [0.3, 0.4) is 0 Å². The molecule has 1 aromatic carbocycles. The Morgan fingerprint density at radius 3 is 2.32 bits per heavy atom. The van der Waals surface area contributed by atoms with Gasteiger partial charge in [0.25, 0.3) is 0 Å². The maximum atomic E-state index is 12.2. The van der Waals surface area contributed by atoms with E-state index in [1.807, 2.05) is 18.2 Å². The summed E-state index contributed by atoms with van der Waals surface area (Å²) in [6, 6.07) is 5.56. The van der Waals surface area contributed by atoms with E-state index in [4.69, 9.17) is 14.6 Å². The number of thiophene rings is 1. The Labute approximate surface area is 132 Å². The van der Waals surface area contributed by atoms with Crippen molar-refractivity contribution in [3.63, 3.8) is 0 Å². The zero-order chi connectivity index (χ0) is 16.1. The van der Waals surface area contributed by atoms with Crippen molar-refractivity contribution in [2.24, 2.45) is 0 Å². The second-order valence-electron chi connectivity index (χ2n) is 4.88. The number of fused-ring (bicyclic) bond motifs is 1. The van der Waals surface area contributed by atoms with E-state index in [1.54, 1.807) is 14.2 Å². The molecule has 1 aromatic heterocycles. The third kappa shape index (κ3) is 3.76. The van der Waals surface area contributed by atoms with Crippen LogP contribution in [0.4, 0.5) is 0 Å². The Hall–Kier alpha value is -2.08. The molecule has 0 atom stereocenters. The molecule has 0 aliphatic heterocycles. The highest BCUT2D eigenvalue weighted by molar-refractivity contribution is 7.20. The zero-order valence-corrected chi connectivity index (χ0v) is 13.4. The van der Waals surface area contributed by atoms with Crippen LogP contribution in [0.2, 0.25) is 0 Å². The van der Waals surface area contributed by atoms with E-state index >= 15 is 0 Å². The molecule has 2 rings (SSSR count). The van der Waals surface area contributed by atoms with Crippen molar-refractivity contribution >= 4 is 33.2 Å². The van der Waals surface area contributed by atoms with Gasteiger partial charge in [-0.25, -0.2) is 0 Å². The van der Waals surface area contributed by atoms with Gasteiger partial charge in [-0.2, -0.15) is 0 Å². The molecule has 2 aromatic rings. The minimum Gasteiger partial charge on any atom is -0.493 e. The average Bonchev–Trinajstić information content (AvgIpc) is 2.92. The van der Waals surface area contributed by atoms with Crippen molar-refractivity contribution in [3.05, 3.63) is 23.1 Å². The zero-order valence-electron chi connectivity index (χ0n) is 12.5. The predicted octanol–water partition coefficient (Wildman–Crippen LogP) is 3.75. The van der Waals surface area contributed by atoms with Crippen LogP contribution in [-0.2, 0) is 4.79 Å². The average molecular weight is 322 g/mol. The Morgan fingerprint density at radius 1 is 1.05 bits per heavy atom. The number of unbranched alkanes of at least 4 members (excludes halogenated alkanes) is 1. The molecule has 0 bridgehead atoms. The van der Waals surface area contributed by atoms with Gasteiger partial charge in [-0.1, -0.05) is 0 Å². The number of hydrogen-bond acceptors (Lipinski definition) is 5. The van der Waals surface area contributed by atoms with E-state index in [-0.39, 0.29) is 12.2 Å². The van der Waals surface area contributed by atoms with Gasteiger partial charge >= 0.3 is 5.97 Å². The van der Waals surface area contributed by atoms with E-state index in [0.717, 1.165) is 10.1 Å². The third-order valence-corrected chi connectivity index (χ3v) is 4.48. The van der Waals surface area contributed by atoms with E-state index in [2.05, 4.69) is 0 Å². The molecule has 118 valence electrons. The summed E-state index contributed by atoms with van der Waals surface area (Å²) < 4.78 is 11.5. The standard InChI is InChI=1S/C16H18O5S/c1-20-12-7-10-8-15(22-14(10)9-13(12)21-2)11(17)5-3-4-6-16(18)19/h7-9H,3-6H2,1-2H3,(H,18,19). The number of rotatable bonds is 8. The second-order valence-corrected chi connectivity index (χ2v) is 5.96. The number of ketones is 1. The number of aliphatic carboxylic acids is 1. The molecule has 5 nitrogen and oxygen atoms in total. The third-order valence-electron chi connectivity index (χ3n) is 3.34. The molecule has 0 aliphatic rings. The topological polar surface area (TPSA) is 72.8 Å². The summed E-state index contributed by atoms with van der Waals surface area (Å²) in [5.74, 6) is 0.489. The molecule has 0 aliphatic carbocycles. The van der Waals surface area contributed by atoms with Crippen LogP contribution >= 0.6 is 11.3 Å². The molecule has 0 radical (unpaired) electrons. The highest BCUT2D eigenvalue weighted by atomic mass is 32.1. The van der Waals surface area contributed by atoms with Gasteiger partial charge in [0.1, 0.15) is 0 Å².